The van der Waals surface area contributed by atoms with Crippen LogP contribution in [0, 0.1) is 0 Å². The van der Waals surface area contributed by atoms with Gasteiger partial charge in [0.15, 0.2) is 5.12 Å². The quantitative estimate of drug-likeness (QED) is 0.710. The van der Waals surface area contributed by atoms with Gasteiger partial charge in [0.2, 0.25) is 0 Å². The second-order valence-corrected chi connectivity index (χ2v) is 5.13. The summed E-state index contributed by atoms with van der Waals surface area (Å²) in [6.45, 7) is 3.32. The van der Waals surface area contributed by atoms with E-state index in [2.05, 4.69) is 0 Å². The molecule has 0 aliphatic carbocycles. The molecular weight excluding hydrogens is 224 g/mol. The van der Waals surface area contributed by atoms with E-state index in [1.165, 1.54) is 31.0 Å². The van der Waals surface area contributed by atoms with E-state index in [-0.39, 0.29) is 10.6 Å². The molecule has 2 aliphatic rings. The fourth-order valence-electron chi connectivity index (χ4n) is 1.48. The summed E-state index contributed by atoms with van der Waals surface area (Å²) in [6, 6.07) is 0. The van der Waals surface area contributed by atoms with Crippen LogP contribution in [0.25, 0.3) is 0 Å². The van der Waals surface area contributed by atoms with Crippen molar-refractivity contribution in [1.29, 1.82) is 0 Å². The van der Waals surface area contributed by atoms with Gasteiger partial charge in [-0.05, 0) is 38.2 Å². The van der Waals surface area contributed by atoms with Gasteiger partial charge in [0.1, 0.15) is 5.44 Å². The van der Waals surface area contributed by atoms with Crippen LogP contribution in [0.2, 0.25) is 0 Å². The van der Waals surface area contributed by atoms with Gasteiger partial charge in [-0.25, -0.2) is 0 Å². The van der Waals surface area contributed by atoms with Crippen molar-refractivity contribution in [1.82, 2.24) is 0 Å². The Morgan fingerprint density at radius 3 is 2.56 bits per heavy atom. The van der Waals surface area contributed by atoms with Crippen LogP contribution in [0.1, 0.15) is 39.0 Å². The topological polar surface area (TPSA) is 35.5 Å². The van der Waals surface area contributed by atoms with Crippen LogP contribution in [-0.2, 0) is 14.3 Å². The van der Waals surface area contributed by atoms with Crippen LogP contribution in [0.5, 0.6) is 0 Å². The minimum Gasteiger partial charge on any atom is -0.502 e. The third-order valence-electron chi connectivity index (χ3n) is 2.26. The van der Waals surface area contributed by atoms with E-state index in [9.17, 15) is 4.79 Å². The number of thioether (sulfide) groups is 1. The molecule has 0 aromatic rings. The second-order valence-electron chi connectivity index (χ2n) is 3.79. The predicted molar refractivity (Wildman–Crippen MR) is 66.2 cm³/mol. The van der Waals surface area contributed by atoms with Crippen molar-refractivity contribution in [2.24, 2.45) is 0 Å². The maximum absolute atomic E-state index is 10.6. The van der Waals surface area contributed by atoms with Crippen LogP contribution in [-0.4, -0.2) is 23.8 Å². The number of hydrogen-bond acceptors (Lipinski definition) is 4. The fraction of sp³-hybridized carbons (Fsp3) is 0.750. The molecule has 92 valence electrons. The third kappa shape index (κ3) is 6.90. The summed E-state index contributed by atoms with van der Waals surface area (Å²) in [5, 5.41) is 0.159. The maximum Gasteiger partial charge on any atom is 0.188 e. The molecule has 0 amide bonds. The van der Waals surface area contributed by atoms with Gasteiger partial charge in [0.25, 0.3) is 0 Å². The maximum atomic E-state index is 10.6. The Morgan fingerprint density at radius 2 is 2.19 bits per heavy atom. The molecule has 1 fully saturated rings. The first kappa shape index (κ1) is 13.6. The van der Waals surface area contributed by atoms with E-state index >= 15 is 0 Å². The zero-order valence-corrected chi connectivity index (χ0v) is 10.6. The molecular formula is C12H20O3S. The summed E-state index contributed by atoms with van der Waals surface area (Å²) in [5.74, 6) is 0. The van der Waals surface area contributed by atoms with Gasteiger partial charge in [-0.3, -0.25) is 4.79 Å². The molecule has 4 heteroatoms. The largest absolute Gasteiger partial charge is 0.502 e. The van der Waals surface area contributed by atoms with Gasteiger partial charge in [0, 0.05) is 13.5 Å². The molecule has 3 nitrogen and oxygen atoms in total. The van der Waals surface area contributed by atoms with Crippen molar-refractivity contribution >= 4 is 16.9 Å². The van der Waals surface area contributed by atoms with Crippen LogP contribution in [0.15, 0.2) is 12.3 Å². The van der Waals surface area contributed by atoms with Gasteiger partial charge in [0.05, 0.1) is 12.9 Å². The Labute approximate surface area is 102 Å². The lowest BCUT2D eigenvalue weighted by Gasteiger charge is -2.20. The zero-order chi connectivity index (χ0) is 11.6. The van der Waals surface area contributed by atoms with Crippen molar-refractivity contribution in [2.75, 3.05) is 13.2 Å². The van der Waals surface area contributed by atoms with Gasteiger partial charge >= 0.3 is 0 Å². The van der Waals surface area contributed by atoms with Crippen LogP contribution >= 0.6 is 11.8 Å². The smallest absolute Gasteiger partial charge is 0.188 e. The van der Waals surface area contributed by atoms with E-state index in [1.807, 2.05) is 6.08 Å². The summed E-state index contributed by atoms with van der Waals surface area (Å²) in [5.41, 5.74) is 0.145. The molecule has 16 heavy (non-hydrogen) atoms. The van der Waals surface area contributed by atoms with Crippen LogP contribution in [0.4, 0.5) is 0 Å². The van der Waals surface area contributed by atoms with Gasteiger partial charge in [-0.15, -0.1) is 0 Å². The number of hydrogen-bond donors (Lipinski definition) is 0. The number of allylic oxidation sites excluding steroid dienone is 1. The van der Waals surface area contributed by atoms with Crippen LogP contribution < -0.4 is 0 Å². The van der Waals surface area contributed by atoms with E-state index in [1.54, 1.807) is 13.2 Å². The molecule has 0 spiro atoms. The first-order valence-corrected chi connectivity index (χ1v) is 6.72. The Kier molecular flexibility index (Phi) is 7.34. The normalized spacial score (nSPS) is 23.9. The highest BCUT2D eigenvalue weighted by atomic mass is 32.2. The van der Waals surface area contributed by atoms with Crippen molar-refractivity contribution in [3.05, 3.63) is 12.3 Å². The van der Waals surface area contributed by atoms with Gasteiger partial charge < -0.3 is 9.47 Å². The molecule has 0 bridgehead atoms. The van der Waals surface area contributed by atoms with Crippen molar-refractivity contribution < 1.29 is 14.3 Å². The second kappa shape index (κ2) is 8.65. The molecule has 1 saturated heterocycles. The molecule has 1 atom stereocenters. The Bertz CT molecular complexity index is 214. The SMILES string of the molecule is C1=COCCC1.CC(=O)SC1CCCCO1. The molecule has 2 aliphatic heterocycles. The Hall–Kier alpha value is -0.480. The minimum atomic E-state index is 0.145. The van der Waals surface area contributed by atoms with Gasteiger partial charge in [-0.2, -0.15) is 0 Å². The molecule has 2 rings (SSSR count). The first-order valence-electron chi connectivity index (χ1n) is 5.84. The van der Waals surface area contributed by atoms with Gasteiger partial charge in [-0.1, -0.05) is 11.8 Å². The van der Waals surface area contributed by atoms with Crippen molar-refractivity contribution in [3.8, 4) is 0 Å². The van der Waals surface area contributed by atoms with E-state index in [4.69, 9.17) is 9.47 Å². The molecule has 0 aromatic carbocycles. The van der Waals surface area contributed by atoms with Crippen molar-refractivity contribution in [2.45, 2.75) is 44.5 Å². The lowest BCUT2D eigenvalue weighted by molar-refractivity contribution is -0.109. The summed E-state index contributed by atoms with van der Waals surface area (Å²) >= 11 is 1.31. The highest BCUT2D eigenvalue weighted by Crippen LogP contribution is 2.23. The molecule has 0 N–H and O–H groups in total. The number of ether oxygens (including phenoxy) is 2. The highest BCUT2D eigenvalue weighted by molar-refractivity contribution is 8.13. The van der Waals surface area contributed by atoms with Crippen LogP contribution in [0.3, 0.4) is 0 Å². The first-order chi connectivity index (χ1) is 7.79. The zero-order valence-electron chi connectivity index (χ0n) is 9.81. The highest BCUT2D eigenvalue weighted by Gasteiger charge is 2.15. The molecule has 2 heterocycles. The molecule has 0 radical (unpaired) electrons. The Balaban J connectivity index is 0.000000181. The monoisotopic (exact) mass is 244 g/mol. The third-order valence-corrected chi connectivity index (χ3v) is 3.23. The average Bonchev–Trinajstić information content (AvgIpc) is 2.32. The summed E-state index contributed by atoms with van der Waals surface area (Å²) < 4.78 is 10.2. The minimum absolute atomic E-state index is 0.145. The molecule has 1 unspecified atom stereocenters. The summed E-state index contributed by atoms with van der Waals surface area (Å²) in [4.78, 5) is 10.6. The number of rotatable bonds is 1. The number of carbonyl (C=O) groups is 1. The number of carbonyl (C=O) groups excluding carboxylic acids is 1. The van der Waals surface area contributed by atoms with Crippen molar-refractivity contribution in [3.63, 3.8) is 0 Å². The lowest BCUT2D eigenvalue weighted by Crippen LogP contribution is -2.16. The standard InChI is InChI=1S/C7H12O2S.C5H8O/c1-6(8)10-7-4-2-3-5-9-7;1-2-4-6-5-3-1/h7H,2-5H2,1H3;2,4H,1,3,5H2. The Morgan fingerprint density at radius 1 is 1.31 bits per heavy atom. The van der Waals surface area contributed by atoms with E-state index in [0.29, 0.717) is 0 Å². The molecule has 0 aromatic heterocycles. The predicted octanol–water partition coefficient (Wildman–Crippen LogP) is 3.10. The fourth-order valence-corrected chi connectivity index (χ4v) is 2.30. The van der Waals surface area contributed by atoms with E-state index in [0.717, 1.165) is 26.1 Å². The summed E-state index contributed by atoms with van der Waals surface area (Å²) in [6.07, 6.45) is 9.58. The lowest BCUT2D eigenvalue weighted by atomic mass is 10.2. The van der Waals surface area contributed by atoms with E-state index < -0.39 is 0 Å². The molecule has 0 saturated carbocycles. The summed E-state index contributed by atoms with van der Waals surface area (Å²) in [7, 11) is 0. The average molecular weight is 244 g/mol.